The van der Waals surface area contributed by atoms with Crippen molar-refractivity contribution < 1.29 is 19.4 Å². The van der Waals surface area contributed by atoms with Gasteiger partial charge in [-0.1, -0.05) is 71.7 Å². The lowest BCUT2D eigenvalue weighted by atomic mass is 9.95. The highest BCUT2D eigenvalue weighted by molar-refractivity contribution is 6.46. The zero-order valence-electron chi connectivity index (χ0n) is 17.8. The molecule has 0 aliphatic carbocycles. The second-order valence-electron chi connectivity index (χ2n) is 7.55. The smallest absolute Gasteiger partial charge is 0.295 e. The number of aliphatic hydroxyl groups excluding tert-OH is 1. The fourth-order valence-corrected chi connectivity index (χ4v) is 4.21. The number of carbonyl (C=O) groups is 2. The van der Waals surface area contributed by atoms with Crippen LogP contribution in [0.25, 0.3) is 5.76 Å². The number of amides is 1. The fourth-order valence-electron chi connectivity index (χ4n) is 3.91. The Kier molecular flexibility index (Phi) is 6.72. The predicted molar refractivity (Wildman–Crippen MR) is 128 cm³/mol. The van der Waals surface area contributed by atoms with Crippen molar-refractivity contribution >= 4 is 40.7 Å². The first-order chi connectivity index (χ1) is 15.9. The molecule has 5 nitrogen and oxygen atoms in total. The van der Waals surface area contributed by atoms with Gasteiger partial charge in [-0.05, 0) is 42.3 Å². The van der Waals surface area contributed by atoms with Crippen molar-refractivity contribution in [2.45, 2.75) is 19.5 Å². The van der Waals surface area contributed by atoms with Gasteiger partial charge in [0.1, 0.15) is 11.5 Å². The number of Topliss-reactive ketones (excluding diaryl/α,β-unsaturated/α-hetero) is 1. The van der Waals surface area contributed by atoms with Crippen LogP contribution in [0.15, 0.2) is 78.4 Å². The number of ketones is 1. The average molecular weight is 482 g/mol. The van der Waals surface area contributed by atoms with Crippen LogP contribution in [0.4, 0.5) is 0 Å². The predicted octanol–water partition coefficient (Wildman–Crippen LogP) is 6.01. The summed E-state index contributed by atoms with van der Waals surface area (Å²) < 4.78 is 5.52. The molecule has 1 unspecified atom stereocenters. The molecule has 1 aliphatic rings. The lowest BCUT2D eigenvalue weighted by Gasteiger charge is -2.25. The molecule has 1 fully saturated rings. The Balaban J connectivity index is 1.87. The molecule has 1 atom stereocenters. The summed E-state index contributed by atoms with van der Waals surface area (Å²) >= 11 is 12.4. The van der Waals surface area contributed by atoms with Crippen LogP contribution < -0.4 is 4.74 Å². The number of rotatable bonds is 6. The van der Waals surface area contributed by atoms with Crippen LogP contribution in [-0.2, 0) is 16.1 Å². The number of carbonyl (C=O) groups excluding carboxylic acids is 2. The largest absolute Gasteiger partial charge is 0.507 e. The molecule has 0 saturated carbocycles. The number of hydrogen-bond acceptors (Lipinski definition) is 4. The van der Waals surface area contributed by atoms with Crippen LogP contribution in [0.1, 0.15) is 29.7 Å². The fraction of sp³-hybridized carbons (Fsp3) is 0.154. The molecule has 0 bridgehead atoms. The zero-order valence-corrected chi connectivity index (χ0v) is 19.3. The van der Waals surface area contributed by atoms with Gasteiger partial charge in [0.05, 0.1) is 28.3 Å². The Bertz CT molecular complexity index is 1240. The second-order valence-corrected chi connectivity index (χ2v) is 8.36. The summed E-state index contributed by atoms with van der Waals surface area (Å²) in [4.78, 5) is 27.7. The van der Waals surface area contributed by atoms with Crippen molar-refractivity contribution in [1.82, 2.24) is 4.90 Å². The molecule has 4 rings (SSSR count). The van der Waals surface area contributed by atoms with E-state index in [1.54, 1.807) is 42.5 Å². The van der Waals surface area contributed by atoms with Gasteiger partial charge < -0.3 is 14.7 Å². The second kappa shape index (κ2) is 9.69. The molecule has 7 heteroatoms. The van der Waals surface area contributed by atoms with E-state index >= 15 is 0 Å². The Morgan fingerprint density at radius 2 is 1.73 bits per heavy atom. The molecule has 3 aromatic carbocycles. The van der Waals surface area contributed by atoms with Crippen LogP contribution >= 0.6 is 23.2 Å². The van der Waals surface area contributed by atoms with Crippen LogP contribution in [0.5, 0.6) is 5.75 Å². The van der Waals surface area contributed by atoms with Gasteiger partial charge in [0.15, 0.2) is 0 Å². The Morgan fingerprint density at radius 3 is 2.42 bits per heavy atom. The van der Waals surface area contributed by atoms with Crippen molar-refractivity contribution in [2.24, 2.45) is 0 Å². The third kappa shape index (κ3) is 4.61. The molecule has 168 valence electrons. The van der Waals surface area contributed by atoms with E-state index in [4.69, 9.17) is 27.9 Å². The van der Waals surface area contributed by atoms with Crippen LogP contribution in [0.3, 0.4) is 0 Å². The minimum Gasteiger partial charge on any atom is -0.507 e. The third-order valence-electron chi connectivity index (χ3n) is 5.41. The summed E-state index contributed by atoms with van der Waals surface area (Å²) in [6, 6.07) is 20.2. The van der Waals surface area contributed by atoms with Gasteiger partial charge in [-0.25, -0.2) is 0 Å². The number of halogens is 2. The van der Waals surface area contributed by atoms with Gasteiger partial charge in [-0.2, -0.15) is 0 Å². The molecule has 33 heavy (non-hydrogen) atoms. The standard InChI is InChI=1S/C26H21Cl2NO4/c1-2-33-19-10-6-9-18(13-19)24(30)22-23(17-11-12-20(27)21(28)14-17)29(26(32)25(22)31)15-16-7-4-3-5-8-16/h3-14,23,30H,2,15H2,1H3/b24-22+. The van der Waals surface area contributed by atoms with Crippen molar-refractivity contribution in [1.29, 1.82) is 0 Å². The summed E-state index contributed by atoms with van der Waals surface area (Å²) in [6.45, 7) is 2.49. The topological polar surface area (TPSA) is 66.8 Å². The molecule has 0 aromatic heterocycles. The number of likely N-dealkylation sites (tertiary alicyclic amines) is 1. The quantitative estimate of drug-likeness (QED) is 0.265. The van der Waals surface area contributed by atoms with E-state index in [-0.39, 0.29) is 22.9 Å². The van der Waals surface area contributed by atoms with Crippen molar-refractivity contribution in [2.75, 3.05) is 6.61 Å². The first-order valence-corrected chi connectivity index (χ1v) is 11.2. The first kappa shape index (κ1) is 22.9. The van der Waals surface area contributed by atoms with Gasteiger partial charge in [0, 0.05) is 12.1 Å². The molecule has 0 spiro atoms. The molecule has 0 radical (unpaired) electrons. The summed E-state index contributed by atoms with van der Waals surface area (Å²) in [7, 11) is 0. The molecule has 1 heterocycles. The zero-order chi connectivity index (χ0) is 23.5. The highest BCUT2D eigenvalue weighted by Gasteiger charge is 2.46. The Hall–Kier alpha value is -3.28. The molecule has 1 aliphatic heterocycles. The van der Waals surface area contributed by atoms with E-state index in [0.29, 0.717) is 28.5 Å². The minimum atomic E-state index is -0.837. The van der Waals surface area contributed by atoms with E-state index in [2.05, 4.69) is 0 Å². The van der Waals surface area contributed by atoms with Crippen molar-refractivity contribution in [3.8, 4) is 5.75 Å². The van der Waals surface area contributed by atoms with Gasteiger partial charge in [-0.3, -0.25) is 9.59 Å². The normalized spacial score (nSPS) is 17.4. The maximum absolute atomic E-state index is 13.2. The van der Waals surface area contributed by atoms with E-state index < -0.39 is 17.7 Å². The van der Waals surface area contributed by atoms with Gasteiger partial charge in [0.25, 0.3) is 11.7 Å². The summed E-state index contributed by atoms with van der Waals surface area (Å²) in [5.74, 6) is -1.19. The number of ether oxygens (including phenoxy) is 1. The van der Waals surface area contributed by atoms with Gasteiger partial charge in [-0.15, -0.1) is 0 Å². The molecule has 3 aromatic rings. The Morgan fingerprint density at radius 1 is 0.970 bits per heavy atom. The van der Waals surface area contributed by atoms with Gasteiger partial charge in [0.2, 0.25) is 0 Å². The van der Waals surface area contributed by atoms with E-state index in [1.165, 1.54) is 4.90 Å². The number of benzene rings is 3. The third-order valence-corrected chi connectivity index (χ3v) is 6.15. The Labute approximate surface area is 201 Å². The van der Waals surface area contributed by atoms with Gasteiger partial charge >= 0.3 is 0 Å². The summed E-state index contributed by atoms with van der Waals surface area (Å²) in [5.41, 5.74) is 1.79. The lowest BCUT2D eigenvalue weighted by molar-refractivity contribution is -0.140. The molecular formula is C26H21Cl2NO4. The minimum absolute atomic E-state index is 0.0111. The monoisotopic (exact) mass is 481 g/mol. The molecule has 1 N–H and O–H groups in total. The number of aliphatic hydroxyl groups is 1. The highest BCUT2D eigenvalue weighted by atomic mass is 35.5. The van der Waals surface area contributed by atoms with Crippen molar-refractivity contribution in [3.63, 3.8) is 0 Å². The molecule has 1 saturated heterocycles. The SMILES string of the molecule is CCOc1cccc(/C(O)=C2\C(=O)C(=O)N(Cc3ccccc3)C2c2ccc(Cl)c(Cl)c2)c1. The van der Waals surface area contributed by atoms with Crippen LogP contribution in [-0.4, -0.2) is 28.3 Å². The van der Waals surface area contributed by atoms with Crippen LogP contribution in [0.2, 0.25) is 10.0 Å². The first-order valence-electron chi connectivity index (χ1n) is 10.4. The highest BCUT2D eigenvalue weighted by Crippen LogP contribution is 2.42. The maximum Gasteiger partial charge on any atom is 0.295 e. The number of hydrogen-bond donors (Lipinski definition) is 1. The van der Waals surface area contributed by atoms with Crippen molar-refractivity contribution in [3.05, 3.63) is 105 Å². The lowest BCUT2D eigenvalue weighted by Crippen LogP contribution is -2.29. The summed E-state index contributed by atoms with van der Waals surface area (Å²) in [5, 5.41) is 11.8. The maximum atomic E-state index is 13.2. The molecule has 1 amide bonds. The van der Waals surface area contributed by atoms with E-state index in [0.717, 1.165) is 5.56 Å². The average Bonchev–Trinajstić information content (AvgIpc) is 3.06. The molecular weight excluding hydrogens is 461 g/mol. The summed E-state index contributed by atoms with van der Waals surface area (Å²) in [6.07, 6.45) is 0. The number of nitrogens with zero attached hydrogens (tertiary/aromatic N) is 1. The van der Waals surface area contributed by atoms with E-state index in [9.17, 15) is 14.7 Å². The van der Waals surface area contributed by atoms with E-state index in [1.807, 2.05) is 37.3 Å². The van der Waals surface area contributed by atoms with Crippen LogP contribution in [0, 0.1) is 0 Å².